The van der Waals surface area contributed by atoms with Crippen LogP contribution in [0.5, 0.6) is 0 Å². The van der Waals surface area contributed by atoms with Crippen molar-refractivity contribution in [2.45, 2.75) is 33.1 Å². The predicted octanol–water partition coefficient (Wildman–Crippen LogP) is 3.12. The van der Waals surface area contributed by atoms with Gasteiger partial charge in [-0.2, -0.15) is 0 Å². The lowest BCUT2D eigenvalue weighted by Crippen LogP contribution is -2.16. The maximum Gasteiger partial charge on any atom is 0.0708 e. The molecule has 2 heterocycles. The molecular formula is C17H22N2. The van der Waals surface area contributed by atoms with E-state index in [9.17, 15) is 0 Å². The van der Waals surface area contributed by atoms with Crippen molar-refractivity contribution in [3.8, 4) is 0 Å². The smallest absolute Gasteiger partial charge is 0.0708 e. The molecule has 0 bridgehead atoms. The molecule has 0 aliphatic carbocycles. The van der Waals surface area contributed by atoms with Gasteiger partial charge in [0.1, 0.15) is 0 Å². The SMILES string of the molecule is CC(C)Cc1c2c(nc3ccccc13)CCNCC2. The number of nitrogens with zero attached hydrogens (tertiary/aromatic N) is 1. The molecule has 1 aliphatic heterocycles. The van der Waals surface area contributed by atoms with Gasteiger partial charge in [-0.1, -0.05) is 32.0 Å². The number of rotatable bonds is 2. The molecule has 0 saturated heterocycles. The van der Waals surface area contributed by atoms with Crippen molar-refractivity contribution in [3.63, 3.8) is 0 Å². The topological polar surface area (TPSA) is 24.9 Å². The van der Waals surface area contributed by atoms with Crippen LogP contribution in [0.4, 0.5) is 0 Å². The van der Waals surface area contributed by atoms with Gasteiger partial charge in [0.05, 0.1) is 5.52 Å². The van der Waals surface area contributed by atoms with E-state index < -0.39 is 0 Å². The lowest BCUT2D eigenvalue weighted by atomic mass is 9.91. The molecule has 2 aromatic rings. The second kappa shape index (κ2) is 5.30. The van der Waals surface area contributed by atoms with Crippen molar-refractivity contribution >= 4 is 10.9 Å². The van der Waals surface area contributed by atoms with Crippen molar-refractivity contribution in [1.29, 1.82) is 0 Å². The lowest BCUT2D eigenvalue weighted by Gasteiger charge is -2.16. The summed E-state index contributed by atoms with van der Waals surface area (Å²) in [7, 11) is 0. The van der Waals surface area contributed by atoms with Crippen LogP contribution in [0.15, 0.2) is 24.3 Å². The minimum absolute atomic E-state index is 0.686. The Morgan fingerprint density at radius 1 is 1.16 bits per heavy atom. The van der Waals surface area contributed by atoms with Crippen LogP contribution in [-0.4, -0.2) is 18.1 Å². The van der Waals surface area contributed by atoms with Crippen molar-refractivity contribution in [3.05, 3.63) is 41.1 Å². The van der Waals surface area contributed by atoms with E-state index in [4.69, 9.17) is 4.98 Å². The molecule has 0 atom stereocenters. The first kappa shape index (κ1) is 12.6. The van der Waals surface area contributed by atoms with E-state index in [1.165, 1.54) is 22.2 Å². The Labute approximate surface area is 115 Å². The number of benzene rings is 1. The van der Waals surface area contributed by atoms with Crippen LogP contribution in [0.25, 0.3) is 10.9 Å². The summed E-state index contributed by atoms with van der Waals surface area (Å²) in [5, 5.41) is 4.85. The Kier molecular flexibility index (Phi) is 3.52. The van der Waals surface area contributed by atoms with Crippen LogP contribution in [0.3, 0.4) is 0 Å². The van der Waals surface area contributed by atoms with E-state index in [2.05, 4.69) is 43.4 Å². The fourth-order valence-electron chi connectivity index (χ4n) is 3.06. The Morgan fingerprint density at radius 2 is 1.95 bits per heavy atom. The molecule has 1 aromatic carbocycles. The van der Waals surface area contributed by atoms with Gasteiger partial charge < -0.3 is 5.32 Å². The van der Waals surface area contributed by atoms with Crippen molar-refractivity contribution < 1.29 is 0 Å². The molecular weight excluding hydrogens is 232 g/mol. The summed E-state index contributed by atoms with van der Waals surface area (Å²) in [5.41, 5.74) is 5.54. The average Bonchev–Trinajstić information content (AvgIpc) is 2.63. The molecule has 2 nitrogen and oxygen atoms in total. The summed E-state index contributed by atoms with van der Waals surface area (Å²) >= 11 is 0. The highest BCUT2D eigenvalue weighted by molar-refractivity contribution is 5.83. The van der Waals surface area contributed by atoms with Gasteiger partial charge in [-0.05, 0) is 42.5 Å². The summed E-state index contributed by atoms with van der Waals surface area (Å²) in [6.07, 6.45) is 3.34. The van der Waals surface area contributed by atoms with Crippen LogP contribution in [0.1, 0.15) is 30.7 Å². The fourth-order valence-corrected chi connectivity index (χ4v) is 3.06. The van der Waals surface area contributed by atoms with Gasteiger partial charge in [0.15, 0.2) is 0 Å². The summed E-state index contributed by atoms with van der Waals surface area (Å²) in [4.78, 5) is 4.90. The van der Waals surface area contributed by atoms with E-state index in [0.29, 0.717) is 5.92 Å². The molecule has 0 saturated carbocycles. The molecule has 1 aromatic heterocycles. The predicted molar refractivity (Wildman–Crippen MR) is 80.6 cm³/mol. The van der Waals surface area contributed by atoms with Crippen LogP contribution in [0, 0.1) is 5.92 Å². The second-order valence-electron chi connectivity index (χ2n) is 5.88. The largest absolute Gasteiger partial charge is 0.316 e. The Balaban J connectivity index is 2.23. The molecule has 1 aliphatic rings. The van der Waals surface area contributed by atoms with Crippen LogP contribution in [0.2, 0.25) is 0 Å². The molecule has 0 unspecified atom stereocenters. The third kappa shape index (κ3) is 2.50. The molecule has 100 valence electrons. The third-order valence-electron chi connectivity index (χ3n) is 3.90. The van der Waals surface area contributed by atoms with Gasteiger partial charge in [0, 0.05) is 24.0 Å². The number of fused-ring (bicyclic) bond motifs is 2. The molecule has 0 radical (unpaired) electrons. The quantitative estimate of drug-likeness (QED) is 0.890. The molecule has 1 N–H and O–H groups in total. The molecule has 0 amide bonds. The highest BCUT2D eigenvalue weighted by atomic mass is 14.9. The van der Waals surface area contributed by atoms with Gasteiger partial charge in [0.25, 0.3) is 0 Å². The van der Waals surface area contributed by atoms with E-state index in [1.807, 2.05) is 0 Å². The van der Waals surface area contributed by atoms with Crippen LogP contribution in [-0.2, 0) is 19.3 Å². The minimum atomic E-state index is 0.686. The van der Waals surface area contributed by atoms with Crippen molar-refractivity contribution in [2.75, 3.05) is 13.1 Å². The highest BCUT2D eigenvalue weighted by Crippen LogP contribution is 2.27. The third-order valence-corrected chi connectivity index (χ3v) is 3.90. The second-order valence-corrected chi connectivity index (χ2v) is 5.88. The van der Waals surface area contributed by atoms with Crippen molar-refractivity contribution in [1.82, 2.24) is 10.3 Å². The first-order valence-electron chi connectivity index (χ1n) is 7.36. The Bertz CT molecular complexity index is 587. The van der Waals surface area contributed by atoms with E-state index in [1.54, 1.807) is 5.56 Å². The zero-order chi connectivity index (χ0) is 13.2. The van der Waals surface area contributed by atoms with E-state index in [-0.39, 0.29) is 0 Å². The summed E-state index contributed by atoms with van der Waals surface area (Å²) in [6.45, 7) is 6.74. The van der Waals surface area contributed by atoms with Gasteiger partial charge in [-0.25, -0.2) is 0 Å². The Hall–Kier alpha value is -1.41. The molecule has 0 spiro atoms. The molecule has 0 fully saturated rings. The molecule has 19 heavy (non-hydrogen) atoms. The van der Waals surface area contributed by atoms with E-state index in [0.717, 1.165) is 32.4 Å². The molecule has 2 heteroatoms. The summed E-state index contributed by atoms with van der Waals surface area (Å²) in [6, 6.07) is 8.61. The number of hydrogen-bond acceptors (Lipinski definition) is 2. The maximum atomic E-state index is 4.90. The molecule has 3 rings (SSSR count). The van der Waals surface area contributed by atoms with Gasteiger partial charge in [-0.3, -0.25) is 4.98 Å². The monoisotopic (exact) mass is 254 g/mol. The number of para-hydroxylation sites is 1. The number of hydrogen-bond donors (Lipinski definition) is 1. The number of aromatic nitrogens is 1. The standard InChI is InChI=1S/C17H22N2/c1-12(2)11-15-13-5-3-4-6-16(13)19-17-8-10-18-9-7-14(15)17/h3-6,12,18H,7-11H2,1-2H3. The lowest BCUT2D eigenvalue weighted by molar-refractivity contribution is 0.643. The van der Waals surface area contributed by atoms with Gasteiger partial charge in [0.2, 0.25) is 0 Å². The summed E-state index contributed by atoms with van der Waals surface area (Å²) in [5.74, 6) is 0.686. The first-order chi connectivity index (χ1) is 9.25. The van der Waals surface area contributed by atoms with E-state index >= 15 is 0 Å². The zero-order valence-corrected chi connectivity index (χ0v) is 11.9. The summed E-state index contributed by atoms with van der Waals surface area (Å²) < 4.78 is 0. The Morgan fingerprint density at radius 3 is 2.79 bits per heavy atom. The van der Waals surface area contributed by atoms with Crippen LogP contribution >= 0.6 is 0 Å². The number of nitrogens with one attached hydrogen (secondary N) is 1. The minimum Gasteiger partial charge on any atom is -0.316 e. The van der Waals surface area contributed by atoms with Crippen LogP contribution < -0.4 is 5.32 Å². The zero-order valence-electron chi connectivity index (χ0n) is 11.9. The average molecular weight is 254 g/mol. The van der Waals surface area contributed by atoms with Gasteiger partial charge in [-0.15, -0.1) is 0 Å². The highest BCUT2D eigenvalue weighted by Gasteiger charge is 2.17. The maximum absolute atomic E-state index is 4.90. The van der Waals surface area contributed by atoms with Crippen molar-refractivity contribution in [2.24, 2.45) is 5.92 Å². The first-order valence-corrected chi connectivity index (χ1v) is 7.36. The van der Waals surface area contributed by atoms with Gasteiger partial charge >= 0.3 is 0 Å². The number of pyridine rings is 1. The fraction of sp³-hybridized carbons (Fsp3) is 0.471. The normalized spacial score (nSPS) is 15.5.